The quantitative estimate of drug-likeness (QED) is 0.587. The van der Waals surface area contributed by atoms with Gasteiger partial charge in [-0.25, -0.2) is 9.79 Å². The van der Waals surface area contributed by atoms with Crippen molar-refractivity contribution in [3.63, 3.8) is 0 Å². The van der Waals surface area contributed by atoms with E-state index in [4.69, 9.17) is 25.8 Å². The van der Waals surface area contributed by atoms with Crippen molar-refractivity contribution in [1.29, 1.82) is 0 Å². The number of halogens is 1. The van der Waals surface area contributed by atoms with Crippen LogP contribution in [-0.2, 0) is 9.53 Å². The third kappa shape index (κ3) is 2.81. The van der Waals surface area contributed by atoms with Crippen LogP contribution in [0.25, 0.3) is 6.08 Å². The van der Waals surface area contributed by atoms with Crippen molar-refractivity contribution in [3.05, 3.63) is 28.4 Å². The van der Waals surface area contributed by atoms with Gasteiger partial charge in [-0.2, -0.15) is 0 Å². The summed E-state index contributed by atoms with van der Waals surface area (Å²) >= 11 is 6.18. The number of fused-ring (bicyclic) bond motifs is 1. The summed E-state index contributed by atoms with van der Waals surface area (Å²) < 4.78 is 16.2. The Morgan fingerprint density at radius 2 is 1.95 bits per heavy atom. The molecule has 0 bridgehead atoms. The van der Waals surface area contributed by atoms with Gasteiger partial charge in [-0.3, -0.25) is 0 Å². The summed E-state index contributed by atoms with van der Waals surface area (Å²) in [6.45, 7) is 6.74. The van der Waals surface area contributed by atoms with Gasteiger partial charge in [-0.1, -0.05) is 32.4 Å². The molecule has 116 valence electrons. The largest absolute Gasteiger partial charge is 0.486 e. The highest BCUT2D eigenvalue weighted by Crippen LogP contribution is 2.39. The predicted octanol–water partition coefficient (Wildman–Crippen LogP) is 3.45. The van der Waals surface area contributed by atoms with Gasteiger partial charge in [0.1, 0.15) is 13.2 Å². The number of benzene rings is 1. The number of hydrogen-bond donors (Lipinski definition) is 0. The second-order valence-corrected chi connectivity index (χ2v) is 6.52. The second kappa shape index (κ2) is 5.32. The van der Waals surface area contributed by atoms with Gasteiger partial charge in [-0.05, 0) is 23.8 Å². The lowest BCUT2D eigenvalue weighted by molar-refractivity contribution is -0.130. The molecule has 6 heteroatoms. The van der Waals surface area contributed by atoms with Gasteiger partial charge in [-0.15, -0.1) is 0 Å². The summed E-state index contributed by atoms with van der Waals surface area (Å²) in [7, 11) is 0. The summed E-state index contributed by atoms with van der Waals surface area (Å²) in [6.07, 6.45) is 1.63. The lowest BCUT2D eigenvalue weighted by Crippen LogP contribution is -2.21. The molecule has 0 saturated carbocycles. The Morgan fingerprint density at radius 3 is 2.64 bits per heavy atom. The second-order valence-electron chi connectivity index (χ2n) is 6.11. The van der Waals surface area contributed by atoms with E-state index in [-0.39, 0.29) is 11.1 Å². The van der Waals surface area contributed by atoms with Crippen molar-refractivity contribution in [3.8, 4) is 11.5 Å². The Bertz CT molecular complexity index is 701. The van der Waals surface area contributed by atoms with E-state index < -0.39 is 5.97 Å². The van der Waals surface area contributed by atoms with Crippen LogP contribution >= 0.6 is 11.6 Å². The molecule has 5 nitrogen and oxygen atoms in total. The number of esters is 1. The van der Waals surface area contributed by atoms with Gasteiger partial charge in [0.05, 0.1) is 5.02 Å². The molecule has 0 unspecified atom stereocenters. The Hall–Kier alpha value is -2.01. The summed E-state index contributed by atoms with van der Waals surface area (Å²) in [6, 6.07) is 3.48. The van der Waals surface area contributed by atoms with Gasteiger partial charge in [0.2, 0.25) is 5.90 Å². The van der Waals surface area contributed by atoms with Crippen molar-refractivity contribution in [2.24, 2.45) is 10.4 Å². The standard InChI is InChI=1S/C16H16ClNO4/c1-16(2,3)15-18-11(14(19)22-15)7-9-6-10(17)13-12(8-9)20-4-5-21-13/h6-8H,4-5H2,1-3H3. The normalized spacial score (nSPS) is 19.2. The average molecular weight is 322 g/mol. The summed E-state index contributed by atoms with van der Waals surface area (Å²) in [5.41, 5.74) is 0.633. The zero-order chi connectivity index (χ0) is 15.9. The molecule has 0 saturated heterocycles. The molecule has 0 aliphatic carbocycles. The maximum Gasteiger partial charge on any atom is 0.363 e. The molecule has 0 radical (unpaired) electrons. The van der Waals surface area contributed by atoms with Gasteiger partial charge in [0.15, 0.2) is 17.2 Å². The first-order chi connectivity index (χ1) is 10.3. The van der Waals surface area contributed by atoms with E-state index in [2.05, 4.69) is 4.99 Å². The third-order valence-corrected chi connectivity index (χ3v) is 3.47. The van der Waals surface area contributed by atoms with Crippen molar-refractivity contribution < 1.29 is 19.0 Å². The van der Waals surface area contributed by atoms with Crippen LogP contribution in [-0.4, -0.2) is 25.1 Å². The van der Waals surface area contributed by atoms with Crippen molar-refractivity contribution in [2.75, 3.05) is 13.2 Å². The molecular weight excluding hydrogens is 306 g/mol. The number of nitrogens with zero attached hydrogens (tertiary/aromatic N) is 1. The monoisotopic (exact) mass is 321 g/mol. The van der Waals surface area contributed by atoms with E-state index in [0.717, 1.165) is 0 Å². The Balaban J connectivity index is 1.97. The van der Waals surface area contributed by atoms with Crippen LogP contribution in [0.4, 0.5) is 0 Å². The molecule has 3 rings (SSSR count). The van der Waals surface area contributed by atoms with Crippen LogP contribution < -0.4 is 9.47 Å². The van der Waals surface area contributed by atoms with Crippen molar-refractivity contribution in [2.45, 2.75) is 20.8 Å². The van der Waals surface area contributed by atoms with Crippen LogP contribution in [0.15, 0.2) is 22.8 Å². The Kier molecular flexibility index (Phi) is 3.60. The molecule has 0 atom stereocenters. The average Bonchev–Trinajstić information content (AvgIpc) is 2.80. The van der Waals surface area contributed by atoms with Crippen LogP contribution in [0.1, 0.15) is 26.3 Å². The van der Waals surface area contributed by atoms with Crippen LogP contribution in [0.3, 0.4) is 0 Å². The third-order valence-electron chi connectivity index (χ3n) is 3.18. The molecule has 0 spiro atoms. The van der Waals surface area contributed by atoms with Gasteiger partial charge < -0.3 is 14.2 Å². The molecule has 0 amide bonds. The number of hydrogen-bond acceptors (Lipinski definition) is 5. The summed E-state index contributed by atoms with van der Waals surface area (Å²) in [4.78, 5) is 16.2. The smallest absolute Gasteiger partial charge is 0.363 e. The minimum absolute atomic E-state index is 0.248. The molecule has 0 aromatic heterocycles. The zero-order valence-corrected chi connectivity index (χ0v) is 13.4. The molecule has 2 aliphatic rings. The highest BCUT2D eigenvalue weighted by Gasteiger charge is 2.31. The van der Waals surface area contributed by atoms with E-state index >= 15 is 0 Å². The van der Waals surface area contributed by atoms with Crippen LogP contribution in [0, 0.1) is 5.41 Å². The fourth-order valence-corrected chi connectivity index (χ4v) is 2.38. The highest BCUT2D eigenvalue weighted by atomic mass is 35.5. The highest BCUT2D eigenvalue weighted by molar-refractivity contribution is 6.32. The molecular formula is C16H16ClNO4. The minimum atomic E-state index is -0.462. The SMILES string of the molecule is CC(C)(C)C1=NC(=Cc2cc(Cl)c3c(c2)OCCO3)C(=O)O1. The lowest BCUT2D eigenvalue weighted by Gasteiger charge is -2.19. The van der Waals surface area contributed by atoms with Crippen LogP contribution in [0.5, 0.6) is 11.5 Å². The number of cyclic esters (lactones) is 1. The number of aliphatic imine (C=N–C) groups is 1. The molecule has 1 aromatic carbocycles. The number of ether oxygens (including phenoxy) is 3. The summed E-state index contributed by atoms with van der Waals surface area (Å²) in [5.74, 6) is 1.04. The first-order valence-corrected chi connectivity index (χ1v) is 7.34. The van der Waals surface area contributed by atoms with Gasteiger partial charge in [0.25, 0.3) is 0 Å². The van der Waals surface area contributed by atoms with E-state index in [9.17, 15) is 4.79 Å². The van der Waals surface area contributed by atoms with Crippen molar-refractivity contribution in [1.82, 2.24) is 0 Å². The van der Waals surface area contributed by atoms with E-state index in [1.165, 1.54) is 0 Å². The number of carbonyl (C=O) groups is 1. The first-order valence-electron chi connectivity index (χ1n) is 6.97. The van der Waals surface area contributed by atoms with E-state index in [1.54, 1.807) is 18.2 Å². The maximum atomic E-state index is 11.9. The topological polar surface area (TPSA) is 57.1 Å². The predicted molar refractivity (Wildman–Crippen MR) is 83.4 cm³/mol. The molecule has 22 heavy (non-hydrogen) atoms. The van der Waals surface area contributed by atoms with Gasteiger partial charge >= 0.3 is 5.97 Å². The fraction of sp³-hybridized carbons (Fsp3) is 0.375. The molecule has 2 heterocycles. The Morgan fingerprint density at radius 1 is 1.23 bits per heavy atom. The maximum absolute atomic E-state index is 11.9. The summed E-state index contributed by atoms with van der Waals surface area (Å²) in [5, 5.41) is 0.440. The zero-order valence-electron chi connectivity index (χ0n) is 12.6. The molecule has 0 fully saturated rings. The fourth-order valence-electron chi connectivity index (χ4n) is 2.10. The molecule has 2 aliphatic heterocycles. The first kappa shape index (κ1) is 14.9. The minimum Gasteiger partial charge on any atom is -0.486 e. The van der Waals surface area contributed by atoms with E-state index in [0.29, 0.717) is 41.2 Å². The lowest BCUT2D eigenvalue weighted by atomic mass is 9.97. The number of rotatable bonds is 1. The van der Waals surface area contributed by atoms with Gasteiger partial charge in [0, 0.05) is 5.41 Å². The molecule has 1 aromatic rings. The number of carbonyl (C=O) groups excluding carboxylic acids is 1. The van der Waals surface area contributed by atoms with Crippen LogP contribution in [0.2, 0.25) is 5.02 Å². The van der Waals surface area contributed by atoms with E-state index in [1.807, 2.05) is 20.8 Å². The van der Waals surface area contributed by atoms with Crippen molar-refractivity contribution >= 4 is 29.5 Å². The Labute approximate surface area is 133 Å². The molecule has 0 N–H and O–H groups in total.